The number of nitro groups is 1. The number of hydrogen-bond acceptors (Lipinski definition) is 5. The average Bonchev–Trinajstić information content (AvgIpc) is 2.36. The predicted molar refractivity (Wildman–Crippen MR) is 65.3 cm³/mol. The zero-order chi connectivity index (χ0) is 13.5. The molecule has 0 heterocycles. The molecule has 0 unspecified atom stereocenters. The summed E-state index contributed by atoms with van der Waals surface area (Å²) in [6.07, 6.45) is 2.76. The Morgan fingerprint density at radius 3 is 2.78 bits per heavy atom. The van der Waals surface area contributed by atoms with Gasteiger partial charge in [-0.3, -0.25) is 10.1 Å². The van der Waals surface area contributed by atoms with E-state index < -0.39 is 10.9 Å². The third-order valence-electron chi connectivity index (χ3n) is 2.10. The fourth-order valence-electron chi connectivity index (χ4n) is 1.30. The second-order valence-corrected chi connectivity index (χ2v) is 3.27. The Bertz CT molecular complexity index is 481. The molecular formula is C12H13NO5. The number of hydrogen-bond donors (Lipinski definition) is 0. The molecule has 0 fully saturated rings. The minimum absolute atomic E-state index is 0.120. The summed E-state index contributed by atoms with van der Waals surface area (Å²) in [6.45, 7) is 2.01. The van der Waals surface area contributed by atoms with E-state index in [0.29, 0.717) is 12.2 Å². The molecule has 6 nitrogen and oxygen atoms in total. The van der Waals surface area contributed by atoms with Crippen LogP contribution < -0.4 is 4.74 Å². The molecule has 0 saturated carbocycles. The van der Waals surface area contributed by atoms with Crippen molar-refractivity contribution < 1.29 is 19.2 Å². The number of nitrogens with zero attached hydrogens (tertiary/aromatic N) is 1. The fraction of sp³-hybridized carbons (Fsp3) is 0.250. The molecule has 1 aromatic carbocycles. The van der Waals surface area contributed by atoms with Crippen molar-refractivity contribution in [1.29, 1.82) is 0 Å². The minimum Gasteiger partial charge on any atom is -0.490 e. The standard InChI is InChI=1S/C12H13NO5/c1-3-18-12(14)7-5-9-4-6-10(13(15)16)11(8-9)17-2/h4-8H,3H2,1-2H3. The summed E-state index contributed by atoms with van der Waals surface area (Å²) in [6, 6.07) is 4.33. The van der Waals surface area contributed by atoms with Crippen LogP contribution in [-0.4, -0.2) is 24.6 Å². The number of methoxy groups -OCH3 is 1. The van der Waals surface area contributed by atoms with Gasteiger partial charge < -0.3 is 9.47 Å². The van der Waals surface area contributed by atoms with Crippen molar-refractivity contribution in [3.63, 3.8) is 0 Å². The Morgan fingerprint density at radius 2 is 2.22 bits per heavy atom. The number of ether oxygens (including phenoxy) is 2. The molecule has 0 aliphatic rings. The highest BCUT2D eigenvalue weighted by atomic mass is 16.6. The van der Waals surface area contributed by atoms with Crippen LogP contribution in [0.15, 0.2) is 24.3 Å². The molecule has 0 radical (unpaired) electrons. The molecule has 96 valence electrons. The Labute approximate surface area is 104 Å². The summed E-state index contributed by atoms with van der Waals surface area (Å²) >= 11 is 0. The lowest BCUT2D eigenvalue weighted by atomic mass is 10.2. The van der Waals surface area contributed by atoms with Gasteiger partial charge in [-0.15, -0.1) is 0 Å². The molecule has 0 saturated heterocycles. The van der Waals surface area contributed by atoms with E-state index in [1.165, 1.54) is 37.5 Å². The molecule has 1 rings (SSSR count). The third-order valence-corrected chi connectivity index (χ3v) is 2.10. The molecule has 0 amide bonds. The van der Waals surface area contributed by atoms with Gasteiger partial charge in [0.15, 0.2) is 5.75 Å². The summed E-state index contributed by atoms with van der Waals surface area (Å²) in [4.78, 5) is 21.2. The maximum absolute atomic E-state index is 11.1. The molecule has 18 heavy (non-hydrogen) atoms. The van der Waals surface area contributed by atoms with Crippen molar-refractivity contribution >= 4 is 17.7 Å². The molecule has 0 spiro atoms. The van der Waals surface area contributed by atoms with Crippen LogP contribution in [0.5, 0.6) is 5.75 Å². The molecule has 0 aromatic heterocycles. The molecule has 1 aromatic rings. The van der Waals surface area contributed by atoms with Crippen molar-refractivity contribution in [1.82, 2.24) is 0 Å². The van der Waals surface area contributed by atoms with E-state index in [-0.39, 0.29) is 11.4 Å². The van der Waals surface area contributed by atoms with Crippen LogP contribution in [0.1, 0.15) is 12.5 Å². The minimum atomic E-state index is -0.530. The Morgan fingerprint density at radius 1 is 1.50 bits per heavy atom. The number of carbonyl (C=O) groups excluding carboxylic acids is 1. The van der Waals surface area contributed by atoms with Crippen LogP contribution in [0.3, 0.4) is 0 Å². The highest BCUT2D eigenvalue weighted by molar-refractivity contribution is 5.87. The first-order valence-electron chi connectivity index (χ1n) is 5.25. The number of carbonyl (C=O) groups is 1. The topological polar surface area (TPSA) is 78.7 Å². The van der Waals surface area contributed by atoms with Crippen molar-refractivity contribution in [2.75, 3.05) is 13.7 Å². The first-order chi connectivity index (χ1) is 8.58. The number of esters is 1. The fourth-order valence-corrected chi connectivity index (χ4v) is 1.30. The van der Waals surface area contributed by atoms with E-state index in [0.717, 1.165) is 0 Å². The smallest absolute Gasteiger partial charge is 0.330 e. The Hall–Kier alpha value is -2.37. The lowest BCUT2D eigenvalue weighted by molar-refractivity contribution is -0.385. The van der Waals surface area contributed by atoms with Crippen LogP contribution in [-0.2, 0) is 9.53 Å². The van der Waals surface area contributed by atoms with Crippen molar-refractivity contribution in [2.45, 2.75) is 6.92 Å². The number of nitro benzene ring substituents is 1. The van der Waals surface area contributed by atoms with Gasteiger partial charge in [0.1, 0.15) is 0 Å². The van der Waals surface area contributed by atoms with Crippen LogP contribution in [0.4, 0.5) is 5.69 Å². The second-order valence-electron chi connectivity index (χ2n) is 3.27. The van der Waals surface area contributed by atoms with Crippen molar-refractivity contribution in [2.24, 2.45) is 0 Å². The lowest BCUT2D eigenvalue weighted by Gasteiger charge is -2.02. The zero-order valence-electron chi connectivity index (χ0n) is 10.1. The molecule has 0 aliphatic carbocycles. The molecule has 0 N–H and O–H groups in total. The quantitative estimate of drug-likeness (QED) is 0.347. The Kier molecular flexibility index (Phi) is 4.86. The summed E-state index contributed by atoms with van der Waals surface area (Å²) in [5.74, 6) is -0.319. The van der Waals surface area contributed by atoms with E-state index in [9.17, 15) is 14.9 Å². The molecule has 0 aliphatic heterocycles. The third kappa shape index (κ3) is 3.58. The monoisotopic (exact) mass is 251 g/mol. The maximum atomic E-state index is 11.1. The summed E-state index contributed by atoms with van der Waals surface area (Å²) < 4.78 is 9.63. The highest BCUT2D eigenvalue weighted by Gasteiger charge is 2.13. The number of rotatable bonds is 5. The van der Waals surface area contributed by atoms with E-state index in [1.54, 1.807) is 6.92 Å². The number of benzene rings is 1. The normalized spacial score (nSPS) is 10.3. The van der Waals surface area contributed by atoms with Gasteiger partial charge in [0.2, 0.25) is 0 Å². The molecule has 6 heteroatoms. The maximum Gasteiger partial charge on any atom is 0.330 e. The second kappa shape index (κ2) is 6.39. The SMILES string of the molecule is CCOC(=O)C=Cc1ccc([N+](=O)[O-])c(OC)c1. The molecule has 0 bridgehead atoms. The predicted octanol–water partition coefficient (Wildman–Crippen LogP) is 2.18. The van der Waals surface area contributed by atoms with E-state index >= 15 is 0 Å². The van der Waals surface area contributed by atoms with Gasteiger partial charge >= 0.3 is 11.7 Å². The Balaban J connectivity index is 2.92. The van der Waals surface area contributed by atoms with Gasteiger partial charge in [-0.25, -0.2) is 4.79 Å². The van der Waals surface area contributed by atoms with Gasteiger partial charge in [0, 0.05) is 12.1 Å². The first-order valence-corrected chi connectivity index (χ1v) is 5.25. The molecular weight excluding hydrogens is 238 g/mol. The lowest BCUT2D eigenvalue weighted by Crippen LogP contribution is -1.98. The zero-order valence-corrected chi connectivity index (χ0v) is 10.1. The van der Waals surface area contributed by atoms with E-state index in [2.05, 4.69) is 0 Å². The van der Waals surface area contributed by atoms with Gasteiger partial charge in [-0.05, 0) is 30.7 Å². The summed E-state index contributed by atoms with van der Waals surface area (Å²) in [5, 5.41) is 10.7. The first kappa shape index (κ1) is 13.7. The summed E-state index contributed by atoms with van der Waals surface area (Å²) in [7, 11) is 1.35. The van der Waals surface area contributed by atoms with Crippen molar-refractivity contribution in [3.8, 4) is 5.75 Å². The highest BCUT2D eigenvalue weighted by Crippen LogP contribution is 2.27. The van der Waals surface area contributed by atoms with Gasteiger partial charge in [-0.2, -0.15) is 0 Å². The van der Waals surface area contributed by atoms with Gasteiger partial charge in [0.05, 0.1) is 18.6 Å². The van der Waals surface area contributed by atoms with E-state index in [4.69, 9.17) is 9.47 Å². The van der Waals surface area contributed by atoms with Crippen LogP contribution in [0, 0.1) is 10.1 Å². The van der Waals surface area contributed by atoms with Gasteiger partial charge in [0.25, 0.3) is 0 Å². The largest absolute Gasteiger partial charge is 0.490 e. The van der Waals surface area contributed by atoms with E-state index in [1.807, 2.05) is 0 Å². The van der Waals surface area contributed by atoms with Crippen LogP contribution in [0.2, 0.25) is 0 Å². The van der Waals surface area contributed by atoms with Crippen LogP contribution in [0.25, 0.3) is 6.08 Å². The molecule has 0 atom stereocenters. The summed E-state index contributed by atoms with van der Waals surface area (Å²) in [5.41, 5.74) is 0.497. The van der Waals surface area contributed by atoms with Gasteiger partial charge in [-0.1, -0.05) is 0 Å². The average molecular weight is 251 g/mol. The van der Waals surface area contributed by atoms with Crippen LogP contribution >= 0.6 is 0 Å². The van der Waals surface area contributed by atoms with Crippen molar-refractivity contribution in [3.05, 3.63) is 40.0 Å².